The van der Waals surface area contributed by atoms with Gasteiger partial charge in [-0.25, -0.2) is 0 Å². The molecular formula is C12H10O2. The Labute approximate surface area is 81.7 Å². The van der Waals surface area contributed by atoms with Crippen molar-refractivity contribution in [2.75, 3.05) is 0 Å². The molecule has 2 N–H and O–H groups in total. The van der Waals surface area contributed by atoms with Crippen LogP contribution in [-0.4, -0.2) is 10.2 Å². The van der Waals surface area contributed by atoms with Gasteiger partial charge in [-0.2, -0.15) is 0 Å². The standard InChI is InChI=1S/C12H10O2/c1-2-9-10-6-4-3-5-8(10)7-11(13)12(9)14/h2-7,13-14H,1H2. The van der Waals surface area contributed by atoms with Crippen molar-refractivity contribution in [1.82, 2.24) is 0 Å². The largest absolute Gasteiger partial charge is 0.504 e. The van der Waals surface area contributed by atoms with E-state index in [1.807, 2.05) is 24.3 Å². The lowest BCUT2D eigenvalue weighted by Gasteiger charge is -2.06. The van der Waals surface area contributed by atoms with Crippen molar-refractivity contribution in [2.45, 2.75) is 0 Å². The molecule has 0 radical (unpaired) electrons. The highest BCUT2D eigenvalue weighted by molar-refractivity contribution is 5.94. The minimum Gasteiger partial charge on any atom is -0.504 e. The van der Waals surface area contributed by atoms with Gasteiger partial charge in [0.2, 0.25) is 0 Å². The molecule has 0 aromatic heterocycles. The SMILES string of the molecule is C=Cc1c(O)c(O)cc2ccccc12. The van der Waals surface area contributed by atoms with E-state index >= 15 is 0 Å². The molecular weight excluding hydrogens is 176 g/mol. The van der Waals surface area contributed by atoms with E-state index in [2.05, 4.69) is 6.58 Å². The monoisotopic (exact) mass is 186 g/mol. The Morgan fingerprint density at radius 3 is 2.57 bits per heavy atom. The molecule has 0 saturated carbocycles. The molecule has 0 bridgehead atoms. The Morgan fingerprint density at radius 1 is 1.14 bits per heavy atom. The number of rotatable bonds is 1. The Bertz CT molecular complexity index is 501. The molecule has 2 rings (SSSR count). The summed E-state index contributed by atoms with van der Waals surface area (Å²) in [5.41, 5.74) is 0.570. The fourth-order valence-electron chi connectivity index (χ4n) is 1.56. The molecule has 0 fully saturated rings. The third kappa shape index (κ3) is 1.12. The highest BCUT2D eigenvalue weighted by Crippen LogP contribution is 2.36. The van der Waals surface area contributed by atoms with Crippen molar-refractivity contribution in [3.63, 3.8) is 0 Å². The first kappa shape index (κ1) is 8.63. The van der Waals surface area contributed by atoms with Crippen LogP contribution in [0, 0.1) is 0 Å². The number of hydrogen-bond donors (Lipinski definition) is 2. The van der Waals surface area contributed by atoms with Gasteiger partial charge < -0.3 is 10.2 Å². The molecule has 2 heteroatoms. The molecule has 0 saturated heterocycles. The van der Waals surface area contributed by atoms with Crippen molar-refractivity contribution < 1.29 is 10.2 Å². The summed E-state index contributed by atoms with van der Waals surface area (Å²) in [5, 5.41) is 20.8. The minimum absolute atomic E-state index is 0.112. The quantitative estimate of drug-likeness (QED) is 0.672. The van der Waals surface area contributed by atoms with Gasteiger partial charge in [-0.1, -0.05) is 36.9 Å². The minimum atomic E-state index is -0.112. The number of phenolic OH excluding ortho intramolecular Hbond substituents is 2. The fourth-order valence-corrected chi connectivity index (χ4v) is 1.56. The first-order valence-electron chi connectivity index (χ1n) is 4.30. The van der Waals surface area contributed by atoms with Crippen molar-refractivity contribution in [2.24, 2.45) is 0 Å². The maximum atomic E-state index is 9.57. The summed E-state index contributed by atoms with van der Waals surface area (Å²) in [6.45, 7) is 3.61. The van der Waals surface area contributed by atoms with E-state index in [4.69, 9.17) is 0 Å². The predicted octanol–water partition coefficient (Wildman–Crippen LogP) is 2.89. The first-order valence-corrected chi connectivity index (χ1v) is 4.30. The van der Waals surface area contributed by atoms with Crippen LogP contribution >= 0.6 is 0 Å². The lowest BCUT2D eigenvalue weighted by molar-refractivity contribution is 0.404. The molecule has 2 aromatic rings. The zero-order chi connectivity index (χ0) is 10.1. The molecule has 0 amide bonds. The number of fused-ring (bicyclic) bond motifs is 1. The van der Waals surface area contributed by atoms with Crippen molar-refractivity contribution in [1.29, 1.82) is 0 Å². The van der Waals surface area contributed by atoms with Crippen molar-refractivity contribution in [3.05, 3.63) is 42.5 Å². The van der Waals surface area contributed by atoms with Gasteiger partial charge >= 0.3 is 0 Å². The van der Waals surface area contributed by atoms with Crippen LogP contribution in [0.5, 0.6) is 11.5 Å². The van der Waals surface area contributed by atoms with Crippen LogP contribution in [0.2, 0.25) is 0 Å². The smallest absolute Gasteiger partial charge is 0.165 e. The van der Waals surface area contributed by atoms with Gasteiger partial charge in [-0.05, 0) is 16.8 Å². The first-order chi connectivity index (χ1) is 6.74. The van der Waals surface area contributed by atoms with Gasteiger partial charge in [0.15, 0.2) is 11.5 Å². The highest BCUT2D eigenvalue weighted by Gasteiger charge is 2.08. The molecule has 0 aliphatic carbocycles. The normalized spacial score (nSPS) is 10.3. The van der Waals surface area contributed by atoms with Gasteiger partial charge in [0.1, 0.15) is 0 Å². The Hall–Kier alpha value is -1.96. The van der Waals surface area contributed by atoms with E-state index in [-0.39, 0.29) is 11.5 Å². The number of phenols is 2. The zero-order valence-corrected chi connectivity index (χ0v) is 7.57. The number of aromatic hydroxyl groups is 2. The summed E-state index contributed by atoms with van der Waals surface area (Å²) in [5.74, 6) is -0.225. The maximum absolute atomic E-state index is 9.57. The van der Waals surface area contributed by atoms with Gasteiger partial charge in [0.05, 0.1) is 0 Å². The van der Waals surface area contributed by atoms with Crippen LogP contribution < -0.4 is 0 Å². The lowest BCUT2D eigenvalue weighted by atomic mass is 10.0. The summed E-state index contributed by atoms with van der Waals surface area (Å²) in [6.07, 6.45) is 1.54. The van der Waals surface area contributed by atoms with E-state index in [1.54, 1.807) is 0 Å². The van der Waals surface area contributed by atoms with Crippen LogP contribution in [-0.2, 0) is 0 Å². The molecule has 0 aliphatic heterocycles. The van der Waals surface area contributed by atoms with Crippen molar-refractivity contribution in [3.8, 4) is 11.5 Å². The summed E-state index contributed by atoms with van der Waals surface area (Å²) in [4.78, 5) is 0. The third-order valence-corrected chi connectivity index (χ3v) is 2.25. The Kier molecular flexibility index (Phi) is 1.89. The summed E-state index contributed by atoms with van der Waals surface area (Å²) in [7, 11) is 0. The molecule has 0 spiro atoms. The molecule has 2 nitrogen and oxygen atoms in total. The van der Waals surface area contributed by atoms with Crippen LogP contribution in [0.4, 0.5) is 0 Å². The van der Waals surface area contributed by atoms with Crippen LogP contribution in [0.25, 0.3) is 16.8 Å². The number of hydrogen-bond acceptors (Lipinski definition) is 2. The summed E-state index contributed by atoms with van der Waals surface area (Å²) in [6, 6.07) is 9.06. The Balaban J connectivity index is 2.96. The fraction of sp³-hybridized carbons (Fsp3) is 0. The van der Waals surface area contributed by atoms with E-state index < -0.39 is 0 Å². The summed E-state index contributed by atoms with van der Waals surface area (Å²) < 4.78 is 0. The second kappa shape index (κ2) is 3.07. The van der Waals surface area contributed by atoms with Crippen LogP contribution in [0.1, 0.15) is 5.56 Å². The van der Waals surface area contributed by atoms with Gasteiger partial charge in [0, 0.05) is 5.56 Å². The van der Waals surface area contributed by atoms with E-state index in [9.17, 15) is 10.2 Å². The molecule has 0 unspecified atom stereocenters. The lowest BCUT2D eigenvalue weighted by Crippen LogP contribution is -1.80. The van der Waals surface area contributed by atoms with Gasteiger partial charge in [-0.15, -0.1) is 0 Å². The third-order valence-electron chi connectivity index (χ3n) is 2.25. The molecule has 0 atom stereocenters. The van der Waals surface area contributed by atoms with E-state index in [0.717, 1.165) is 10.8 Å². The molecule has 70 valence electrons. The average Bonchev–Trinajstić information content (AvgIpc) is 2.20. The topological polar surface area (TPSA) is 40.5 Å². The molecule has 14 heavy (non-hydrogen) atoms. The highest BCUT2D eigenvalue weighted by atomic mass is 16.3. The maximum Gasteiger partial charge on any atom is 0.165 e. The summed E-state index contributed by atoms with van der Waals surface area (Å²) >= 11 is 0. The van der Waals surface area contributed by atoms with Crippen LogP contribution in [0.3, 0.4) is 0 Å². The Morgan fingerprint density at radius 2 is 1.86 bits per heavy atom. The van der Waals surface area contributed by atoms with Crippen LogP contribution in [0.15, 0.2) is 36.9 Å². The van der Waals surface area contributed by atoms with E-state index in [0.29, 0.717) is 5.56 Å². The van der Waals surface area contributed by atoms with Crippen molar-refractivity contribution >= 4 is 16.8 Å². The zero-order valence-electron chi connectivity index (χ0n) is 7.57. The number of benzene rings is 2. The van der Waals surface area contributed by atoms with Gasteiger partial charge in [0.25, 0.3) is 0 Å². The molecule has 2 aromatic carbocycles. The molecule has 0 aliphatic rings. The second-order valence-electron chi connectivity index (χ2n) is 3.08. The predicted molar refractivity (Wildman–Crippen MR) is 57.4 cm³/mol. The average molecular weight is 186 g/mol. The molecule has 0 heterocycles. The van der Waals surface area contributed by atoms with Gasteiger partial charge in [-0.3, -0.25) is 0 Å². The second-order valence-corrected chi connectivity index (χ2v) is 3.08. The van der Waals surface area contributed by atoms with E-state index in [1.165, 1.54) is 12.1 Å².